The smallest absolute Gasteiger partial charge is 0.256 e. The summed E-state index contributed by atoms with van der Waals surface area (Å²) in [5.41, 5.74) is 2.03. The third-order valence-corrected chi connectivity index (χ3v) is 4.19. The molecule has 1 heterocycles. The van der Waals surface area contributed by atoms with E-state index in [1.54, 1.807) is 12.3 Å². The zero-order valence-corrected chi connectivity index (χ0v) is 14.0. The number of benzene rings is 2. The molecule has 1 aromatic heterocycles. The van der Waals surface area contributed by atoms with Crippen molar-refractivity contribution in [3.63, 3.8) is 0 Å². The van der Waals surface area contributed by atoms with Crippen molar-refractivity contribution in [1.82, 2.24) is 4.98 Å². The standard InChI is InChI=1S/C16H10Br2N2O/c17-11-8-10-4-3-7-19-15(10)14(9-11)20-16(21)12-5-1-2-6-13(12)18/h1-9H,(H,20,21). The average Bonchev–Trinajstić information content (AvgIpc) is 2.47. The first-order chi connectivity index (χ1) is 10.1. The van der Waals surface area contributed by atoms with Gasteiger partial charge in [-0.1, -0.05) is 34.1 Å². The second-order valence-corrected chi connectivity index (χ2v) is 6.23. The number of hydrogen-bond acceptors (Lipinski definition) is 2. The molecular weight excluding hydrogens is 396 g/mol. The highest BCUT2D eigenvalue weighted by atomic mass is 79.9. The number of anilines is 1. The van der Waals surface area contributed by atoms with Gasteiger partial charge in [-0.15, -0.1) is 0 Å². The normalized spacial score (nSPS) is 10.6. The summed E-state index contributed by atoms with van der Waals surface area (Å²) in [5.74, 6) is -0.174. The number of amides is 1. The van der Waals surface area contributed by atoms with E-state index in [4.69, 9.17) is 0 Å². The summed E-state index contributed by atoms with van der Waals surface area (Å²) in [7, 11) is 0. The summed E-state index contributed by atoms with van der Waals surface area (Å²) in [5, 5.41) is 3.89. The lowest BCUT2D eigenvalue weighted by atomic mass is 10.1. The molecule has 2 aromatic carbocycles. The first-order valence-electron chi connectivity index (χ1n) is 6.25. The van der Waals surface area contributed by atoms with E-state index in [1.807, 2.05) is 42.5 Å². The fourth-order valence-corrected chi connectivity index (χ4v) is 3.03. The van der Waals surface area contributed by atoms with Gasteiger partial charge >= 0.3 is 0 Å². The van der Waals surface area contributed by atoms with Gasteiger partial charge in [0.05, 0.1) is 16.8 Å². The third-order valence-electron chi connectivity index (χ3n) is 3.04. The van der Waals surface area contributed by atoms with Gasteiger partial charge in [0.25, 0.3) is 5.91 Å². The van der Waals surface area contributed by atoms with Crippen LogP contribution in [0.1, 0.15) is 10.4 Å². The molecule has 0 bridgehead atoms. The molecule has 0 fully saturated rings. The molecule has 0 radical (unpaired) electrons. The number of rotatable bonds is 2. The van der Waals surface area contributed by atoms with E-state index in [1.165, 1.54) is 0 Å². The summed E-state index contributed by atoms with van der Waals surface area (Å²) in [4.78, 5) is 16.7. The van der Waals surface area contributed by atoms with Crippen molar-refractivity contribution in [3.8, 4) is 0 Å². The van der Waals surface area contributed by atoms with Gasteiger partial charge in [0.15, 0.2) is 0 Å². The van der Waals surface area contributed by atoms with Crippen LogP contribution < -0.4 is 5.32 Å². The number of aromatic nitrogens is 1. The molecule has 1 amide bonds. The minimum atomic E-state index is -0.174. The Balaban J connectivity index is 2.02. The summed E-state index contributed by atoms with van der Waals surface area (Å²) in [6.45, 7) is 0. The van der Waals surface area contributed by atoms with E-state index in [-0.39, 0.29) is 5.91 Å². The number of fused-ring (bicyclic) bond motifs is 1. The van der Waals surface area contributed by atoms with E-state index in [9.17, 15) is 4.79 Å². The number of nitrogens with zero attached hydrogens (tertiary/aromatic N) is 1. The average molecular weight is 406 g/mol. The lowest BCUT2D eigenvalue weighted by molar-refractivity contribution is 0.102. The highest BCUT2D eigenvalue weighted by Crippen LogP contribution is 2.27. The van der Waals surface area contributed by atoms with Crippen molar-refractivity contribution >= 4 is 54.4 Å². The van der Waals surface area contributed by atoms with Crippen LogP contribution in [-0.2, 0) is 0 Å². The quantitative estimate of drug-likeness (QED) is 0.650. The largest absolute Gasteiger partial charge is 0.320 e. The van der Waals surface area contributed by atoms with Gasteiger partial charge in [-0.25, -0.2) is 0 Å². The first-order valence-corrected chi connectivity index (χ1v) is 7.84. The predicted octanol–water partition coefficient (Wildman–Crippen LogP) is 5.01. The van der Waals surface area contributed by atoms with Crippen LogP contribution in [0.3, 0.4) is 0 Å². The highest BCUT2D eigenvalue weighted by molar-refractivity contribution is 9.10. The predicted molar refractivity (Wildman–Crippen MR) is 91.5 cm³/mol. The SMILES string of the molecule is O=C(Nc1cc(Br)cc2cccnc12)c1ccccc1Br. The summed E-state index contributed by atoms with van der Waals surface area (Å²) in [6.07, 6.45) is 1.71. The van der Waals surface area contributed by atoms with E-state index in [0.29, 0.717) is 11.3 Å². The molecule has 3 nitrogen and oxygen atoms in total. The van der Waals surface area contributed by atoms with Crippen LogP contribution in [0.4, 0.5) is 5.69 Å². The van der Waals surface area contributed by atoms with E-state index in [2.05, 4.69) is 42.2 Å². The number of hydrogen-bond donors (Lipinski definition) is 1. The molecular formula is C16H10Br2N2O. The fraction of sp³-hybridized carbons (Fsp3) is 0. The molecule has 5 heteroatoms. The number of halogens is 2. The second kappa shape index (κ2) is 5.95. The molecule has 0 aliphatic carbocycles. The maximum absolute atomic E-state index is 12.4. The maximum Gasteiger partial charge on any atom is 0.256 e. The Labute approximate surface area is 138 Å². The Morgan fingerprint density at radius 1 is 1.05 bits per heavy atom. The maximum atomic E-state index is 12.4. The fourth-order valence-electron chi connectivity index (χ4n) is 2.09. The Morgan fingerprint density at radius 2 is 1.86 bits per heavy atom. The van der Waals surface area contributed by atoms with Gasteiger partial charge in [-0.05, 0) is 46.3 Å². The minimum Gasteiger partial charge on any atom is -0.320 e. The molecule has 21 heavy (non-hydrogen) atoms. The first kappa shape index (κ1) is 14.2. The van der Waals surface area contributed by atoms with Gasteiger partial charge in [-0.3, -0.25) is 9.78 Å². The summed E-state index contributed by atoms with van der Waals surface area (Å²) in [6, 6.07) is 15.0. The van der Waals surface area contributed by atoms with Crippen molar-refractivity contribution in [2.24, 2.45) is 0 Å². The van der Waals surface area contributed by atoms with E-state index in [0.717, 1.165) is 19.8 Å². The van der Waals surface area contributed by atoms with E-state index >= 15 is 0 Å². The van der Waals surface area contributed by atoms with Crippen LogP contribution in [0.15, 0.2) is 63.7 Å². The van der Waals surface area contributed by atoms with Crippen LogP contribution >= 0.6 is 31.9 Å². The zero-order chi connectivity index (χ0) is 14.8. The second-order valence-electron chi connectivity index (χ2n) is 4.46. The van der Waals surface area contributed by atoms with Gasteiger partial charge in [-0.2, -0.15) is 0 Å². The van der Waals surface area contributed by atoms with Crippen molar-refractivity contribution in [2.75, 3.05) is 5.32 Å². The minimum absolute atomic E-state index is 0.174. The van der Waals surface area contributed by atoms with Crippen LogP contribution in [0.2, 0.25) is 0 Å². The molecule has 3 rings (SSSR count). The Morgan fingerprint density at radius 3 is 2.67 bits per heavy atom. The zero-order valence-electron chi connectivity index (χ0n) is 10.8. The summed E-state index contributed by atoms with van der Waals surface area (Å²) >= 11 is 6.84. The number of carbonyl (C=O) groups excluding carboxylic acids is 1. The number of nitrogens with one attached hydrogen (secondary N) is 1. The van der Waals surface area contributed by atoms with Crippen molar-refractivity contribution in [3.05, 3.63) is 69.2 Å². The molecule has 0 atom stereocenters. The molecule has 0 aliphatic heterocycles. The van der Waals surface area contributed by atoms with Gasteiger partial charge in [0.2, 0.25) is 0 Å². The highest BCUT2D eigenvalue weighted by Gasteiger charge is 2.12. The Hall–Kier alpha value is -1.72. The molecule has 0 aliphatic rings. The molecule has 0 saturated carbocycles. The summed E-state index contributed by atoms with van der Waals surface area (Å²) < 4.78 is 1.65. The van der Waals surface area contributed by atoms with E-state index < -0.39 is 0 Å². The van der Waals surface area contributed by atoms with Crippen molar-refractivity contribution in [1.29, 1.82) is 0 Å². The molecule has 1 N–H and O–H groups in total. The van der Waals surface area contributed by atoms with Gasteiger partial charge < -0.3 is 5.32 Å². The monoisotopic (exact) mass is 404 g/mol. The molecule has 0 unspecified atom stereocenters. The Bertz CT molecular complexity index is 833. The lowest BCUT2D eigenvalue weighted by Crippen LogP contribution is -2.13. The van der Waals surface area contributed by atoms with Crippen molar-refractivity contribution < 1.29 is 4.79 Å². The number of pyridine rings is 1. The topological polar surface area (TPSA) is 42.0 Å². The number of carbonyl (C=O) groups is 1. The molecule has 0 saturated heterocycles. The third kappa shape index (κ3) is 2.99. The van der Waals surface area contributed by atoms with Crippen molar-refractivity contribution in [2.45, 2.75) is 0 Å². The van der Waals surface area contributed by atoms with Crippen LogP contribution in [0.25, 0.3) is 10.9 Å². The van der Waals surface area contributed by atoms with Crippen LogP contribution in [0, 0.1) is 0 Å². The Kier molecular flexibility index (Phi) is 4.03. The van der Waals surface area contributed by atoms with Crippen LogP contribution in [-0.4, -0.2) is 10.9 Å². The molecule has 3 aromatic rings. The lowest BCUT2D eigenvalue weighted by Gasteiger charge is -2.10. The van der Waals surface area contributed by atoms with Gasteiger partial charge in [0, 0.05) is 20.5 Å². The van der Waals surface area contributed by atoms with Gasteiger partial charge in [0.1, 0.15) is 0 Å². The molecule has 104 valence electrons. The molecule has 0 spiro atoms. The van der Waals surface area contributed by atoms with Crippen LogP contribution in [0.5, 0.6) is 0 Å².